The van der Waals surface area contributed by atoms with E-state index < -0.39 is 0 Å². The second-order valence-corrected chi connectivity index (χ2v) is 6.22. The second-order valence-electron chi connectivity index (χ2n) is 2.91. The molecular weight excluding hydrogens is 236 g/mol. The Balaban J connectivity index is 1.76. The van der Waals surface area contributed by atoms with Crippen molar-refractivity contribution in [2.24, 2.45) is 0 Å². The first-order chi connectivity index (χ1) is 6.84. The topological polar surface area (TPSA) is 63.8 Å². The summed E-state index contributed by atoms with van der Waals surface area (Å²) in [4.78, 5) is 4.05. The number of anilines is 2. The summed E-state index contributed by atoms with van der Waals surface area (Å²) in [5.74, 6) is 4.14. The SMILES string of the molecule is Nc1nsc(NCC2CSCCS2)n1. The molecule has 1 saturated heterocycles. The Morgan fingerprint density at radius 1 is 1.50 bits per heavy atom. The first-order valence-electron chi connectivity index (χ1n) is 4.37. The van der Waals surface area contributed by atoms with Crippen LogP contribution in [0.3, 0.4) is 0 Å². The van der Waals surface area contributed by atoms with Gasteiger partial charge in [-0.05, 0) is 0 Å². The molecule has 1 aliphatic rings. The van der Waals surface area contributed by atoms with Crippen molar-refractivity contribution >= 4 is 46.1 Å². The summed E-state index contributed by atoms with van der Waals surface area (Å²) in [6.45, 7) is 0.965. The van der Waals surface area contributed by atoms with Crippen LogP contribution in [-0.2, 0) is 0 Å². The molecule has 1 fully saturated rings. The molecule has 0 amide bonds. The van der Waals surface area contributed by atoms with E-state index in [1.54, 1.807) is 0 Å². The van der Waals surface area contributed by atoms with Gasteiger partial charge >= 0.3 is 0 Å². The van der Waals surface area contributed by atoms with E-state index in [1.807, 2.05) is 23.5 Å². The van der Waals surface area contributed by atoms with Gasteiger partial charge in [0.25, 0.3) is 0 Å². The molecule has 0 aromatic carbocycles. The molecule has 0 saturated carbocycles. The van der Waals surface area contributed by atoms with Crippen LogP contribution in [0.1, 0.15) is 0 Å². The maximum Gasteiger partial charge on any atom is 0.233 e. The van der Waals surface area contributed by atoms with Crippen LogP contribution in [0.25, 0.3) is 0 Å². The van der Waals surface area contributed by atoms with E-state index in [0.29, 0.717) is 11.2 Å². The highest BCUT2D eigenvalue weighted by molar-refractivity contribution is 8.06. The van der Waals surface area contributed by atoms with E-state index in [0.717, 1.165) is 11.7 Å². The van der Waals surface area contributed by atoms with Crippen LogP contribution in [0.2, 0.25) is 0 Å². The summed E-state index contributed by atoms with van der Waals surface area (Å²) < 4.78 is 3.91. The number of nitrogens with two attached hydrogens (primary N) is 1. The quantitative estimate of drug-likeness (QED) is 0.842. The minimum absolute atomic E-state index is 0.364. The van der Waals surface area contributed by atoms with Gasteiger partial charge in [0.2, 0.25) is 11.1 Å². The van der Waals surface area contributed by atoms with Crippen LogP contribution >= 0.6 is 35.1 Å². The maximum atomic E-state index is 5.43. The maximum absolute atomic E-state index is 5.43. The summed E-state index contributed by atoms with van der Waals surface area (Å²) in [5, 5.41) is 4.79. The molecule has 78 valence electrons. The van der Waals surface area contributed by atoms with Crippen LogP contribution in [0, 0.1) is 0 Å². The van der Waals surface area contributed by atoms with Crippen LogP contribution in [-0.4, -0.2) is 38.4 Å². The van der Waals surface area contributed by atoms with Crippen molar-refractivity contribution in [1.82, 2.24) is 9.36 Å². The Hall–Kier alpha value is -0.140. The van der Waals surface area contributed by atoms with Gasteiger partial charge in [-0.3, -0.25) is 0 Å². The standard InChI is InChI=1S/C7H12N4S3/c8-6-10-7(14-11-6)9-3-5-4-12-1-2-13-5/h5H,1-4H2,(H3,8,9,10,11). The minimum Gasteiger partial charge on any atom is -0.367 e. The molecule has 1 aromatic heterocycles. The monoisotopic (exact) mass is 248 g/mol. The zero-order valence-corrected chi connectivity index (χ0v) is 10.1. The highest BCUT2D eigenvalue weighted by atomic mass is 32.2. The lowest BCUT2D eigenvalue weighted by Gasteiger charge is -2.20. The molecule has 0 radical (unpaired) electrons. The van der Waals surface area contributed by atoms with Crippen LogP contribution in [0.15, 0.2) is 0 Å². The fraction of sp³-hybridized carbons (Fsp3) is 0.714. The van der Waals surface area contributed by atoms with Gasteiger partial charge in [-0.25, -0.2) is 0 Å². The van der Waals surface area contributed by atoms with Gasteiger partial charge in [0.15, 0.2) is 0 Å². The number of aromatic nitrogens is 2. The van der Waals surface area contributed by atoms with E-state index in [9.17, 15) is 0 Å². The van der Waals surface area contributed by atoms with Gasteiger partial charge in [0, 0.05) is 40.6 Å². The normalized spacial score (nSPS) is 22.1. The zero-order valence-electron chi connectivity index (χ0n) is 7.60. The molecular formula is C7H12N4S3. The molecule has 0 bridgehead atoms. The third-order valence-electron chi connectivity index (χ3n) is 1.81. The Morgan fingerprint density at radius 2 is 2.43 bits per heavy atom. The summed E-state index contributed by atoms with van der Waals surface area (Å²) in [5.41, 5.74) is 5.43. The molecule has 1 aliphatic heterocycles. The summed E-state index contributed by atoms with van der Waals surface area (Å²) in [7, 11) is 0. The van der Waals surface area contributed by atoms with Gasteiger partial charge in [-0.2, -0.15) is 32.9 Å². The third kappa shape index (κ3) is 2.93. The number of nitrogens with one attached hydrogen (secondary N) is 1. The number of rotatable bonds is 3. The van der Waals surface area contributed by atoms with E-state index >= 15 is 0 Å². The summed E-state index contributed by atoms with van der Waals surface area (Å²) in [6.07, 6.45) is 0. The molecule has 0 aliphatic carbocycles. The Bertz CT molecular complexity index is 284. The largest absolute Gasteiger partial charge is 0.367 e. The fourth-order valence-corrected chi connectivity index (χ4v) is 4.28. The van der Waals surface area contributed by atoms with Crippen LogP contribution in [0.5, 0.6) is 0 Å². The number of hydrogen-bond acceptors (Lipinski definition) is 7. The first-order valence-corrected chi connectivity index (χ1v) is 7.34. The fourth-order valence-electron chi connectivity index (χ4n) is 1.16. The summed E-state index contributed by atoms with van der Waals surface area (Å²) >= 11 is 5.38. The highest BCUT2D eigenvalue weighted by Crippen LogP contribution is 2.24. The molecule has 2 rings (SSSR count). The molecule has 3 N–H and O–H groups in total. The second kappa shape index (κ2) is 5.09. The number of thioether (sulfide) groups is 2. The number of nitrogen functional groups attached to an aromatic ring is 1. The predicted molar refractivity (Wildman–Crippen MR) is 66.4 cm³/mol. The van der Waals surface area contributed by atoms with Crippen molar-refractivity contribution in [3.8, 4) is 0 Å². The van der Waals surface area contributed by atoms with Gasteiger partial charge in [0.1, 0.15) is 0 Å². The van der Waals surface area contributed by atoms with Gasteiger partial charge < -0.3 is 11.1 Å². The van der Waals surface area contributed by atoms with Crippen LogP contribution in [0.4, 0.5) is 11.1 Å². The Labute approximate surface area is 95.6 Å². The van der Waals surface area contributed by atoms with Crippen molar-refractivity contribution in [1.29, 1.82) is 0 Å². The lowest BCUT2D eigenvalue weighted by molar-refractivity contribution is 1.00. The van der Waals surface area contributed by atoms with E-state index in [2.05, 4.69) is 14.7 Å². The minimum atomic E-state index is 0.364. The van der Waals surface area contributed by atoms with Gasteiger partial charge in [0.05, 0.1) is 0 Å². The Kier molecular flexibility index (Phi) is 3.77. The molecule has 7 heteroatoms. The van der Waals surface area contributed by atoms with E-state index in [4.69, 9.17) is 5.73 Å². The molecule has 14 heavy (non-hydrogen) atoms. The van der Waals surface area contributed by atoms with Crippen molar-refractivity contribution < 1.29 is 0 Å². The van der Waals surface area contributed by atoms with Crippen molar-refractivity contribution in [2.75, 3.05) is 34.9 Å². The molecule has 0 spiro atoms. The lowest BCUT2D eigenvalue weighted by atomic mass is 10.5. The summed E-state index contributed by atoms with van der Waals surface area (Å²) in [6, 6.07) is 0. The molecule has 2 heterocycles. The van der Waals surface area contributed by atoms with Crippen molar-refractivity contribution in [3.63, 3.8) is 0 Å². The van der Waals surface area contributed by atoms with Crippen molar-refractivity contribution in [3.05, 3.63) is 0 Å². The molecule has 1 unspecified atom stereocenters. The molecule has 4 nitrogen and oxygen atoms in total. The lowest BCUT2D eigenvalue weighted by Crippen LogP contribution is -2.23. The zero-order chi connectivity index (χ0) is 9.80. The van der Waals surface area contributed by atoms with Crippen molar-refractivity contribution in [2.45, 2.75) is 5.25 Å². The molecule has 1 atom stereocenters. The number of nitrogens with zero attached hydrogens (tertiary/aromatic N) is 2. The number of hydrogen-bond donors (Lipinski definition) is 2. The van der Waals surface area contributed by atoms with Gasteiger partial charge in [-0.15, -0.1) is 0 Å². The third-order valence-corrected chi connectivity index (χ3v) is 5.34. The van der Waals surface area contributed by atoms with Gasteiger partial charge in [-0.1, -0.05) is 0 Å². The van der Waals surface area contributed by atoms with E-state index in [1.165, 1.54) is 28.8 Å². The Morgan fingerprint density at radius 3 is 3.07 bits per heavy atom. The molecule has 1 aromatic rings. The average Bonchev–Trinajstić information content (AvgIpc) is 2.63. The average molecular weight is 248 g/mol. The highest BCUT2D eigenvalue weighted by Gasteiger charge is 2.14. The van der Waals surface area contributed by atoms with Crippen LogP contribution < -0.4 is 11.1 Å². The smallest absolute Gasteiger partial charge is 0.233 e. The first kappa shape index (κ1) is 10.4. The predicted octanol–water partition coefficient (Wildman–Crippen LogP) is 1.38. The van der Waals surface area contributed by atoms with E-state index in [-0.39, 0.29) is 0 Å².